The number of hydrogen-bond donors (Lipinski definition) is 3. The van der Waals surface area contributed by atoms with Crippen molar-refractivity contribution in [2.24, 2.45) is 28.6 Å². The first-order valence-electron chi connectivity index (χ1n) is 16.7. The fraction of sp³-hybridized carbons (Fsp3) is 0.686. The lowest BCUT2D eigenvalue weighted by Gasteiger charge is -2.55. The molecule has 10 heteroatoms. The van der Waals surface area contributed by atoms with Crippen LogP contribution in [0.15, 0.2) is 41.0 Å². The number of benzene rings is 1. The van der Waals surface area contributed by atoms with E-state index >= 15 is 0 Å². The van der Waals surface area contributed by atoms with E-state index in [0.29, 0.717) is 30.8 Å². The van der Waals surface area contributed by atoms with E-state index in [1.165, 1.54) is 5.57 Å². The maximum Gasteiger partial charge on any atom is 0.264 e. The van der Waals surface area contributed by atoms with E-state index in [4.69, 9.17) is 16.3 Å². The molecule has 248 valence electrons. The highest BCUT2D eigenvalue weighted by atomic mass is 35.5. The topological polar surface area (TPSA) is 108 Å². The van der Waals surface area contributed by atoms with Crippen LogP contribution in [0.3, 0.4) is 0 Å². The van der Waals surface area contributed by atoms with Crippen LogP contribution in [0.1, 0.15) is 89.4 Å². The maximum absolute atomic E-state index is 13.5. The Balaban J connectivity index is 1.43. The zero-order chi connectivity index (χ0) is 32.4. The number of hydrogen-bond acceptors (Lipinski definition) is 7. The van der Waals surface area contributed by atoms with E-state index in [0.717, 1.165) is 62.3 Å². The molecule has 2 fully saturated rings. The largest absolute Gasteiger partial charge is 0.491 e. The van der Waals surface area contributed by atoms with Crippen LogP contribution in [-0.4, -0.2) is 63.1 Å². The highest BCUT2D eigenvalue weighted by molar-refractivity contribution is 7.90. The van der Waals surface area contributed by atoms with E-state index in [-0.39, 0.29) is 34.6 Å². The lowest BCUT2D eigenvalue weighted by molar-refractivity contribution is -0.0797. The first kappa shape index (κ1) is 32.9. The van der Waals surface area contributed by atoms with Crippen molar-refractivity contribution in [3.05, 3.63) is 46.5 Å². The van der Waals surface area contributed by atoms with E-state index < -0.39 is 26.8 Å². The van der Waals surface area contributed by atoms with E-state index in [9.17, 15) is 18.3 Å². The number of halogens is 1. The average Bonchev–Trinajstić information content (AvgIpc) is 3.12. The van der Waals surface area contributed by atoms with Crippen molar-refractivity contribution in [1.29, 1.82) is 0 Å². The molecule has 1 unspecified atom stereocenters. The second-order valence-corrected chi connectivity index (χ2v) is 17.6. The number of rotatable bonds is 1. The summed E-state index contributed by atoms with van der Waals surface area (Å²) in [6.45, 7) is 9.88. The summed E-state index contributed by atoms with van der Waals surface area (Å²) in [6.07, 6.45) is 11.3. The number of carbonyl (C=O) groups is 1. The van der Waals surface area contributed by atoms with Gasteiger partial charge in [-0.2, -0.15) is 0 Å². The van der Waals surface area contributed by atoms with E-state index in [1.807, 2.05) is 33.0 Å². The molecule has 0 saturated heterocycles. The molecule has 3 aliphatic carbocycles. The Morgan fingerprint density at radius 2 is 1.98 bits per heavy atom. The fourth-order valence-electron chi connectivity index (χ4n) is 9.07. The number of fused-ring (bicyclic) bond motifs is 4. The SMILES string of the molecule is CN[C@H]1C[C@H](C)[C@@H](C)S(=O)(=O)NC(=O)c2ccc3c(c2)N(C[C@@H]2CC[C@H]2[C@](C)(O)C1)C[C@@]1(CCCC2=CC(Cl)=CCC21C)CO3. The minimum atomic E-state index is -3.95. The van der Waals surface area contributed by atoms with Gasteiger partial charge in [0.15, 0.2) is 0 Å². The molecule has 1 aromatic carbocycles. The third-order valence-corrected chi connectivity index (χ3v) is 14.7. The summed E-state index contributed by atoms with van der Waals surface area (Å²) in [4.78, 5) is 15.9. The highest BCUT2D eigenvalue weighted by Crippen LogP contribution is 2.60. The normalized spacial score (nSPS) is 40.0. The van der Waals surface area contributed by atoms with Gasteiger partial charge in [0.25, 0.3) is 5.91 Å². The molecule has 8 atom stereocenters. The van der Waals surface area contributed by atoms with Gasteiger partial charge in [-0.05, 0) is 114 Å². The summed E-state index contributed by atoms with van der Waals surface area (Å²) in [5.74, 6) is 0.230. The summed E-state index contributed by atoms with van der Waals surface area (Å²) in [5, 5.41) is 15.3. The predicted octanol–water partition coefficient (Wildman–Crippen LogP) is 5.76. The number of anilines is 1. The van der Waals surface area contributed by atoms with Crippen LogP contribution in [0, 0.1) is 28.6 Å². The summed E-state index contributed by atoms with van der Waals surface area (Å²) in [5.41, 5.74) is 1.25. The van der Waals surface area contributed by atoms with Crippen LogP contribution < -0.4 is 19.7 Å². The third-order valence-electron chi connectivity index (χ3n) is 12.5. The van der Waals surface area contributed by atoms with Gasteiger partial charge in [0, 0.05) is 40.6 Å². The van der Waals surface area contributed by atoms with Crippen molar-refractivity contribution in [2.75, 3.05) is 31.6 Å². The van der Waals surface area contributed by atoms with Gasteiger partial charge in [-0.3, -0.25) is 4.79 Å². The summed E-state index contributed by atoms with van der Waals surface area (Å²) in [7, 11) is -2.08. The summed E-state index contributed by atoms with van der Waals surface area (Å²) < 4.78 is 35.9. The second-order valence-electron chi connectivity index (χ2n) is 15.2. The first-order valence-corrected chi connectivity index (χ1v) is 18.6. The van der Waals surface area contributed by atoms with E-state index in [2.05, 4.69) is 34.0 Å². The van der Waals surface area contributed by atoms with Gasteiger partial charge in [-0.25, -0.2) is 13.1 Å². The monoisotopic (exact) mass is 659 g/mol. The molecule has 2 heterocycles. The van der Waals surface area contributed by atoms with Crippen molar-refractivity contribution in [2.45, 2.75) is 96.0 Å². The Kier molecular flexibility index (Phi) is 8.67. The highest BCUT2D eigenvalue weighted by Gasteiger charge is 2.55. The van der Waals surface area contributed by atoms with Crippen molar-refractivity contribution in [1.82, 2.24) is 10.0 Å². The van der Waals surface area contributed by atoms with Gasteiger partial charge in [-0.15, -0.1) is 0 Å². The molecule has 1 amide bonds. The zero-order valence-electron chi connectivity index (χ0n) is 27.4. The van der Waals surface area contributed by atoms with Gasteiger partial charge in [-0.1, -0.05) is 37.1 Å². The lowest BCUT2D eigenvalue weighted by Crippen LogP contribution is -2.56. The number of carbonyl (C=O) groups excluding carboxylic acids is 1. The number of allylic oxidation sites excluding steroid dienone is 4. The van der Waals surface area contributed by atoms with Gasteiger partial charge in [0.2, 0.25) is 10.0 Å². The third kappa shape index (κ3) is 5.85. The lowest BCUT2D eigenvalue weighted by atomic mass is 9.52. The number of amides is 1. The molecule has 6 rings (SSSR count). The maximum atomic E-state index is 13.5. The van der Waals surface area contributed by atoms with Gasteiger partial charge < -0.3 is 20.1 Å². The molecule has 3 N–H and O–H groups in total. The van der Waals surface area contributed by atoms with Crippen LogP contribution >= 0.6 is 11.6 Å². The molecule has 2 aliphatic heterocycles. The number of nitrogens with zero attached hydrogens (tertiary/aromatic N) is 1. The van der Waals surface area contributed by atoms with Crippen LogP contribution in [-0.2, 0) is 10.0 Å². The van der Waals surface area contributed by atoms with Crippen LogP contribution in [0.4, 0.5) is 5.69 Å². The Bertz CT molecular complexity index is 1510. The van der Waals surface area contributed by atoms with Crippen LogP contribution in [0.5, 0.6) is 5.75 Å². The van der Waals surface area contributed by atoms with E-state index in [1.54, 1.807) is 13.0 Å². The first-order chi connectivity index (χ1) is 21.2. The van der Waals surface area contributed by atoms with Gasteiger partial charge in [0.1, 0.15) is 5.75 Å². The Morgan fingerprint density at radius 1 is 1.20 bits per heavy atom. The van der Waals surface area contributed by atoms with Crippen molar-refractivity contribution < 1.29 is 23.1 Å². The molecule has 0 aromatic heterocycles. The summed E-state index contributed by atoms with van der Waals surface area (Å²) in [6, 6.07) is 5.23. The van der Waals surface area contributed by atoms with Crippen molar-refractivity contribution in [3.8, 4) is 5.75 Å². The average molecular weight is 660 g/mol. The minimum Gasteiger partial charge on any atom is -0.491 e. The van der Waals surface area contributed by atoms with Crippen LogP contribution in [0.2, 0.25) is 0 Å². The molecule has 5 aliphatic rings. The molecule has 2 saturated carbocycles. The Morgan fingerprint density at radius 3 is 2.69 bits per heavy atom. The standard InChI is InChI=1S/C35H50ClN3O5S/c1-22-15-28(37-5)18-34(4,41)29-10-8-25(29)19-39-20-35(13-6-7-26-17-27(36)12-14-33(26,35)3)21-44-31-11-9-24(16-30(31)39)32(40)38-45(42,43)23(22)2/h9,11-12,16-17,22-23,25,28-29,37,41H,6-8,10,13-15,18-21H2,1-5H3,(H,38,40)/t22-,23+,25-,28-,29+,33?,34+,35-/m0/s1. The van der Waals surface area contributed by atoms with Crippen molar-refractivity contribution >= 4 is 33.2 Å². The smallest absolute Gasteiger partial charge is 0.264 e. The van der Waals surface area contributed by atoms with Crippen LogP contribution in [0.25, 0.3) is 0 Å². The molecule has 2 bridgehead atoms. The van der Waals surface area contributed by atoms with Crippen molar-refractivity contribution in [3.63, 3.8) is 0 Å². The minimum absolute atomic E-state index is 0.0646. The molecule has 45 heavy (non-hydrogen) atoms. The number of sulfonamides is 1. The molecular weight excluding hydrogens is 610 g/mol. The molecular formula is C35H50ClN3O5S. The Hall–Kier alpha value is -2.07. The number of nitrogens with one attached hydrogen (secondary N) is 2. The molecule has 8 nitrogen and oxygen atoms in total. The molecule has 0 radical (unpaired) electrons. The molecule has 1 aromatic rings. The predicted molar refractivity (Wildman–Crippen MR) is 179 cm³/mol. The second kappa shape index (κ2) is 11.9. The summed E-state index contributed by atoms with van der Waals surface area (Å²) >= 11 is 6.52. The van der Waals surface area contributed by atoms with Gasteiger partial charge in [0.05, 0.1) is 23.1 Å². The Labute approximate surface area is 274 Å². The molecule has 1 spiro atoms. The quantitative estimate of drug-likeness (QED) is 0.352. The number of aliphatic hydroxyl groups is 1. The van der Waals surface area contributed by atoms with Gasteiger partial charge >= 0.3 is 0 Å². The number of ether oxygens (including phenoxy) is 1. The zero-order valence-corrected chi connectivity index (χ0v) is 28.9. The fourth-order valence-corrected chi connectivity index (χ4v) is 10.6.